The van der Waals surface area contributed by atoms with Gasteiger partial charge in [0, 0.05) is 19.8 Å². The van der Waals surface area contributed by atoms with Gasteiger partial charge in [0.05, 0.1) is 5.56 Å². The third-order valence-corrected chi connectivity index (χ3v) is 3.65. The van der Waals surface area contributed by atoms with Crippen LogP contribution in [-0.4, -0.2) is 43.0 Å². The Bertz CT molecular complexity index is 598. The Morgan fingerprint density at radius 2 is 1.67 bits per heavy atom. The summed E-state index contributed by atoms with van der Waals surface area (Å²) in [5.74, 6) is -1.84. The average molecular weight is 336 g/mol. The van der Waals surface area contributed by atoms with E-state index in [2.05, 4.69) is 0 Å². The minimum absolute atomic E-state index is 0.0373. The molecular weight excluding hydrogens is 316 g/mol. The van der Waals surface area contributed by atoms with Crippen molar-refractivity contribution in [2.75, 3.05) is 6.61 Å². The van der Waals surface area contributed by atoms with Crippen molar-refractivity contribution in [1.82, 2.24) is 0 Å². The summed E-state index contributed by atoms with van der Waals surface area (Å²) in [7, 11) is 0. The molecule has 1 aromatic carbocycles. The van der Waals surface area contributed by atoms with E-state index in [9.17, 15) is 14.4 Å². The standard InChI is InChI=1S/C17H20O7/c1-10-14(9-21-16(20)13-7-5-4-6-8-13)24-17(23-12(3)19)15(10)22-11(2)18/h4-8,10,14-15,17H,9H2,1-3H3/t10-,14-,15-,17?/m1/s1. The Morgan fingerprint density at radius 1 is 1.04 bits per heavy atom. The number of benzene rings is 1. The molecule has 0 N–H and O–H groups in total. The number of ether oxygens (including phenoxy) is 4. The average Bonchev–Trinajstić information content (AvgIpc) is 2.81. The van der Waals surface area contributed by atoms with Gasteiger partial charge in [-0.15, -0.1) is 0 Å². The molecule has 130 valence electrons. The maximum atomic E-state index is 12.0. The first-order valence-electron chi connectivity index (χ1n) is 7.60. The molecule has 0 bridgehead atoms. The maximum Gasteiger partial charge on any atom is 0.338 e. The Morgan fingerprint density at radius 3 is 2.25 bits per heavy atom. The van der Waals surface area contributed by atoms with E-state index >= 15 is 0 Å². The fourth-order valence-electron chi connectivity index (χ4n) is 2.45. The molecule has 24 heavy (non-hydrogen) atoms. The van der Waals surface area contributed by atoms with Crippen LogP contribution in [0, 0.1) is 5.92 Å². The van der Waals surface area contributed by atoms with Crippen molar-refractivity contribution in [1.29, 1.82) is 0 Å². The molecule has 7 nitrogen and oxygen atoms in total. The lowest BCUT2D eigenvalue weighted by Gasteiger charge is -2.20. The molecule has 1 fully saturated rings. The first-order chi connectivity index (χ1) is 11.4. The normalized spacial score (nSPS) is 25.8. The molecule has 2 rings (SSSR count). The van der Waals surface area contributed by atoms with Gasteiger partial charge < -0.3 is 18.9 Å². The van der Waals surface area contributed by atoms with Gasteiger partial charge in [0.1, 0.15) is 12.7 Å². The first kappa shape index (κ1) is 17.9. The SMILES string of the molecule is CC(=O)OC1O[C@H](COC(=O)c2ccccc2)[C@@H](C)[C@H]1OC(C)=O. The minimum atomic E-state index is -1.01. The van der Waals surface area contributed by atoms with E-state index in [0.29, 0.717) is 5.56 Å². The molecule has 0 aromatic heterocycles. The summed E-state index contributed by atoms with van der Waals surface area (Å²) >= 11 is 0. The van der Waals surface area contributed by atoms with Gasteiger partial charge in [0.25, 0.3) is 0 Å². The number of carbonyl (C=O) groups excluding carboxylic acids is 3. The van der Waals surface area contributed by atoms with Crippen LogP contribution in [0.5, 0.6) is 0 Å². The third kappa shape index (κ3) is 4.55. The lowest BCUT2D eigenvalue weighted by Crippen LogP contribution is -2.34. The second-order valence-corrected chi connectivity index (χ2v) is 5.55. The van der Waals surface area contributed by atoms with Crippen LogP contribution in [0.3, 0.4) is 0 Å². The summed E-state index contributed by atoms with van der Waals surface area (Å²) < 4.78 is 21.0. The Labute approximate surface area is 139 Å². The van der Waals surface area contributed by atoms with Crippen LogP contribution in [0.2, 0.25) is 0 Å². The van der Waals surface area contributed by atoms with Gasteiger partial charge in [0.15, 0.2) is 6.10 Å². The van der Waals surface area contributed by atoms with Gasteiger partial charge in [-0.25, -0.2) is 4.79 Å². The number of esters is 3. The summed E-state index contributed by atoms with van der Waals surface area (Å²) in [4.78, 5) is 34.4. The first-order valence-corrected chi connectivity index (χ1v) is 7.60. The summed E-state index contributed by atoms with van der Waals surface area (Å²) in [5, 5.41) is 0. The van der Waals surface area contributed by atoms with Gasteiger partial charge in [-0.05, 0) is 12.1 Å². The van der Waals surface area contributed by atoms with Crippen molar-refractivity contribution in [3.8, 4) is 0 Å². The van der Waals surface area contributed by atoms with Gasteiger partial charge in [-0.1, -0.05) is 25.1 Å². The molecule has 1 aliphatic rings. The highest BCUT2D eigenvalue weighted by Crippen LogP contribution is 2.30. The highest BCUT2D eigenvalue weighted by atomic mass is 16.7. The van der Waals surface area contributed by atoms with E-state index in [4.69, 9.17) is 18.9 Å². The molecular formula is C17H20O7. The van der Waals surface area contributed by atoms with E-state index in [1.54, 1.807) is 37.3 Å². The quantitative estimate of drug-likeness (QED) is 0.597. The van der Waals surface area contributed by atoms with Crippen LogP contribution in [-0.2, 0) is 28.5 Å². The lowest BCUT2D eigenvalue weighted by molar-refractivity contribution is -0.195. The van der Waals surface area contributed by atoms with Crippen LogP contribution in [0.4, 0.5) is 0 Å². The van der Waals surface area contributed by atoms with Crippen LogP contribution in [0.15, 0.2) is 30.3 Å². The third-order valence-electron chi connectivity index (χ3n) is 3.65. The highest BCUT2D eigenvalue weighted by molar-refractivity contribution is 5.89. The maximum absolute atomic E-state index is 12.0. The molecule has 1 heterocycles. The predicted octanol–water partition coefficient (Wildman–Crippen LogP) is 1.70. The molecule has 0 aliphatic carbocycles. The monoisotopic (exact) mass is 336 g/mol. The zero-order valence-electron chi connectivity index (χ0n) is 13.8. The minimum Gasteiger partial charge on any atom is -0.459 e. The Kier molecular flexibility index (Phi) is 5.92. The van der Waals surface area contributed by atoms with E-state index in [-0.39, 0.29) is 12.5 Å². The van der Waals surface area contributed by atoms with Crippen molar-refractivity contribution in [3.63, 3.8) is 0 Å². The molecule has 1 unspecified atom stereocenters. The second-order valence-electron chi connectivity index (χ2n) is 5.55. The molecule has 0 radical (unpaired) electrons. The van der Waals surface area contributed by atoms with Gasteiger partial charge in [-0.2, -0.15) is 0 Å². The van der Waals surface area contributed by atoms with E-state index in [1.807, 2.05) is 0 Å². The van der Waals surface area contributed by atoms with Crippen molar-refractivity contribution >= 4 is 17.9 Å². The number of hydrogen-bond donors (Lipinski definition) is 0. The summed E-state index contributed by atoms with van der Waals surface area (Å²) in [6.45, 7) is 4.24. The van der Waals surface area contributed by atoms with Crippen LogP contribution >= 0.6 is 0 Å². The van der Waals surface area contributed by atoms with E-state index in [1.165, 1.54) is 13.8 Å². The summed E-state index contributed by atoms with van der Waals surface area (Å²) in [6, 6.07) is 8.55. The molecule has 7 heteroatoms. The second kappa shape index (κ2) is 7.92. The van der Waals surface area contributed by atoms with Crippen molar-refractivity contribution in [2.24, 2.45) is 5.92 Å². The van der Waals surface area contributed by atoms with Crippen molar-refractivity contribution < 1.29 is 33.3 Å². The summed E-state index contributed by atoms with van der Waals surface area (Å²) in [6.07, 6.45) is -2.31. The van der Waals surface area contributed by atoms with E-state index < -0.39 is 36.4 Å². The molecule has 0 amide bonds. The van der Waals surface area contributed by atoms with Gasteiger partial charge in [-0.3, -0.25) is 9.59 Å². The zero-order valence-corrected chi connectivity index (χ0v) is 13.8. The highest BCUT2D eigenvalue weighted by Gasteiger charge is 2.46. The Balaban J connectivity index is 1.98. The van der Waals surface area contributed by atoms with Crippen molar-refractivity contribution in [2.45, 2.75) is 39.3 Å². The lowest BCUT2D eigenvalue weighted by atomic mass is 10.0. The molecule has 4 atom stereocenters. The van der Waals surface area contributed by atoms with E-state index in [0.717, 1.165) is 0 Å². The fourth-order valence-corrected chi connectivity index (χ4v) is 2.45. The number of rotatable bonds is 5. The fraction of sp³-hybridized carbons (Fsp3) is 0.471. The molecule has 1 saturated heterocycles. The smallest absolute Gasteiger partial charge is 0.338 e. The largest absolute Gasteiger partial charge is 0.459 e. The molecule has 0 spiro atoms. The summed E-state index contributed by atoms with van der Waals surface area (Å²) in [5.41, 5.74) is 0.427. The van der Waals surface area contributed by atoms with Gasteiger partial charge >= 0.3 is 17.9 Å². The van der Waals surface area contributed by atoms with Gasteiger partial charge in [0.2, 0.25) is 6.29 Å². The van der Waals surface area contributed by atoms with Crippen molar-refractivity contribution in [3.05, 3.63) is 35.9 Å². The zero-order chi connectivity index (χ0) is 17.7. The van der Waals surface area contributed by atoms with Crippen LogP contribution < -0.4 is 0 Å². The predicted molar refractivity (Wildman–Crippen MR) is 81.9 cm³/mol. The number of carbonyl (C=O) groups is 3. The number of hydrogen-bond acceptors (Lipinski definition) is 7. The Hall–Kier alpha value is -2.41. The topological polar surface area (TPSA) is 88.1 Å². The van der Waals surface area contributed by atoms with Crippen LogP contribution in [0.25, 0.3) is 0 Å². The molecule has 1 aromatic rings. The molecule has 1 aliphatic heterocycles. The van der Waals surface area contributed by atoms with Crippen LogP contribution in [0.1, 0.15) is 31.1 Å². The molecule has 0 saturated carbocycles.